The summed E-state index contributed by atoms with van der Waals surface area (Å²) in [7, 11) is 0. The molecule has 2 unspecified atom stereocenters. The smallest absolute Gasteiger partial charge is 0.319 e. The highest BCUT2D eigenvalue weighted by atomic mass is 35.5. The van der Waals surface area contributed by atoms with Crippen molar-refractivity contribution in [2.75, 3.05) is 16.8 Å². The molecule has 38 heavy (non-hydrogen) atoms. The van der Waals surface area contributed by atoms with Gasteiger partial charge in [-0.1, -0.05) is 54.1 Å². The number of nitrogens with zero attached hydrogens (tertiary/aromatic N) is 1. The van der Waals surface area contributed by atoms with E-state index in [4.69, 9.17) is 11.6 Å². The summed E-state index contributed by atoms with van der Waals surface area (Å²) < 4.78 is 0. The average molecular weight is 533 g/mol. The van der Waals surface area contributed by atoms with Crippen LogP contribution >= 0.6 is 11.6 Å². The van der Waals surface area contributed by atoms with Crippen LogP contribution in [-0.2, 0) is 9.59 Å². The highest BCUT2D eigenvalue weighted by molar-refractivity contribution is 6.30. The van der Waals surface area contributed by atoms with Gasteiger partial charge in [0.05, 0.1) is 0 Å². The Bertz CT molecular complexity index is 1340. The molecule has 8 heteroatoms. The number of anilines is 2. The van der Waals surface area contributed by atoms with Gasteiger partial charge in [0.2, 0.25) is 11.8 Å². The minimum absolute atomic E-state index is 0.191. The molecular weight excluding hydrogens is 500 g/mol. The fourth-order valence-corrected chi connectivity index (χ4v) is 4.94. The molecule has 0 fully saturated rings. The van der Waals surface area contributed by atoms with Crippen LogP contribution in [-0.4, -0.2) is 36.0 Å². The van der Waals surface area contributed by atoms with Crippen molar-refractivity contribution in [3.8, 4) is 0 Å². The maximum absolute atomic E-state index is 14.0. The summed E-state index contributed by atoms with van der Waals surface area (Å²) >= 11 is 6.42. The second-order valence-corrected chi connectivity index (χ2v) is 11.1. The molecular formula is C30H33ClN4O3. The maximum Gasteiger partial charge on any atom is 0.319 e. The van der Waals surface area contributed by atoms with Gasteiger partial charge in [0.1, 0.15) is 12.6 Å². The van der Waals surface area contributed by atoms with Crippen molar-refractivity contribution in [3.63, 3.8) is 0 Å². The number of amides is 4. The van der Waals surface area contributed by atoms with Gasteiger partial charge in [-0.3, -0.25) is 9.59 Å². The Balaban J connectivity index is 1.72. The summed E-state index contributed by atoms with van der Waals surface area (Å²) in [5, 5.41) is 9.15. The molecule has 0 saturated heterocycles. The Morgan fingerprint density at radius 2 is 1.74 bits per heavy atom. The summed E-state index contributed by atoms with van der Waals surface area (Å²) in [5.41, 5.74) is 3.56. The molecule has 0 saturated carbocycles. The van der Waals surface area contributed by atoms with E-state index in [2.05, 4.69) is 16.0 Å². The molecule has 1 heterocycles. The zero-order valence-corrected chi connectivity index (χ0v) is 22.8. The maximum atomic E-state index is 14.0. The number of hydrogen-bond acceptors (Lipinski definition) is 3. The number of hydrogen-bond donors (Lipinski definition) is 3. The second kappa shape index (κ2) is 11.3. The lowest BCUT2D eigenvalue weighted by molar-refractivity contribution is -0.125. The zero-order chi connectivity index (χ0) is 27.4. The molecule has 3 aromatic rings. The number of urea groups is 1. The van der Waals surface area contributed by atoms with Crippen LogP contribution < -0.4 is 20.9 Å². The molecule has 0 spiro atoms. The predicted octanol–water partition coefficient (Wildman–Crippen LogP) is 5.62. The number of halogens is 1. The first-order valence-corrected chi connectivity index (χ1v) is 13.0. The number of carbonyl (C=O) groups is 3. The van der Waals surface area contributed by atoms with Crippen molar-refractivity contribution in [2.45, 2.75) is 51.6 Å². The quantitative estimate of drug-likeness (QED) is 0.398. The molecule has 198 valence electrons. The average Bonchev–Trinajstić information content (AvgIpc) is 2.94. The predicted molar refractivity (Wildman–Crippen MR) is 152 cm³/mol. The van der Waals surface area contributed by atoms with Crippen LogP contribution in [0, 0.1) is 6.92 Å². The minimum Gasteiger partial charge on any atom is -0.350 e. The topological polar surface area (TPSA) is 90.5 Å². The first kappa shape index (κ1) is 27.2. The third-order valence-electron chi connectivity index (χ3n) is 6.29. The number of carbonyl (C=O) groups excluding carboxylic acids is 3. The molecule has 1 aliphatic heterocycles. The molecule has 3 N–H and O–H groups in total. The molecule has 0 aromatic heterocycles. The van der Waals surface area contributed by atoms with Crippen molar-refractivity contribution < 1.29 is 14.4 Å². The van der Waals surface area contributed by atoms with E-state index >= 15 is 0 Å². The van der Waals surface area contributed by atoms with Crippen LogP contribution in [0.15, 0.2) is 72.8 Å². The van der Waals surface area contributed by atoms with E-state index < -0.39 is 17.6 Å². The Hall–Kier alpha value is -3.84. The summed E-state index contributed by atoms with van der Waals surface area (Å²) in [6.07, 6.45) is 0.300. The van der Waals surface area contributed by atoms with Crippen molar-refractivity contribution in [3.05, 3.63) is 94.5 Å². The molecule has 4 rings (SSSR count). The highest BCUT2D eigenvalue weighted by Gasteiger charge is 2.37. The van der Waals surface area contributed by atoms with Crippen LogP contribution in [0.1, 0.15) is 49.8 Å². The molecule has 1 aliphatic rings. The van der Waals surface area contributed by atoms with Crippen LogP contribution in [0.3, 0.4) is 0 Å². The van der Waals surface area contributed by atoms with E-state index in [1.54, 1.807) is 18.2 Å². The fraction of sp³-hybridized carbons (Fsp3) is 0.300. The van der Waals surface area contributed by atoms with Crippen molar-refractivity contribution >= 4 is 40.8 Å². The molecule has 3 aromatic carbocycles. The number of nitrogens with one attached hydrogen (secondary N) is 3. The Labute approximate surface area is 228 Å². The number of aryl methyl sites for hydroxylation is 1. The lowest BCUT2D eigenvalue weighted by Gasteiger charge is -2.28. The summed E-state index contributed by atoms with van der Waals surface area (Å²) in [6.45, 7) is 7.39. The van der Waals surface area contributed by atoms with Gasteiger partial charge in [-0.25, -0.2) is 4.79 Å². The molecule has 7 nitrogen and oxygen atoms in total. The van der Waals surface area contributed by atoms with E-state index in [9.17, 15) is 14.4 Å². The van der Waals surface area contributed by atoms with E-state index in [1.807, 2.05) is 82.3 Å². The Morgan fingerprint density at radius 3 is 2.42 bits per heavy atom. The van der Waals surface area contributed by atoms with Crippen molar-refractivity contribution in [2.24, 2.45) is 0 Å². The van der Waals surface area contributed by atoms with Gasteiger partial charge in [-0.05, 0) is 81.1 Å². The van der Waals surface area contributed by atoms with Crippen LogP contribution in [0.5, 0.6) is 0 Å². The summed E-state index contributed by atoms with van der Waals surface area (Å²) in [6, 6.07) is 21.1. The standard InChI is InChI=1S/C30H33ClN4O3/c1-19-9-8-12-22(15-19)32-29(38)33-25-17-23(20-10-6-5-7-11-20)24-16-21(31)13-14-26(24)35(28(25)37)18-27(36)34-30(2,3)4/h5-16,23,25H,17-18H2,1-4H3,(H,34,36)(H2,32,33,38). The summed E-state index contributed by atoms with van der Waals surface area (Å²) in [4.78, 5) is 41.5. The fourth-order valence-electron chi connectivity index (χ4n) is 4.75. The van der Waals surface area contributed by atoms with E-state index in [-0.39, 0.29) is 24.3 Å². The molecule has 0 bridgehead atoms. The highest BCUT2D eigenvalue weighted by Crippen LogP contribution is 2.40. The van der Waals surface area contributed by atoms with Crippen molar-refractivity contribution in [1.29, 1.82) is 0 Å². The number of benzene rings is 3. The van der Waals surface area contributed by atoms with Crippen molar-refractivity contribution in [1.82, 2.24) is 10.6 Å². The van der Waals surface area contributed by atoms with Crippen LogP contribution in [0.25, 0.3) is 0 Å². The molecule has 4 amide bonds. The number of fused-ring (bicyclic) bond motifs is 1. The van der Waals surface area contributed by atoms with Gasteiger partial charge in [0.15, 0.2) is 0 Å². The molecule has 0 aliphatic carbocycles. The first-order chi connectivity index (χ1) is 18.0. The Kier molecular flexibility index (Phi) is 8.07. The summed E-state index contributed by atoms with van der Waals surface area (Å²) in [5.74, 6) is -0.905. The monoisotopic (exact) mass is 532 g/mol. The molecule has 2 atom stereocenters. The van der Waals surface area contributed by atoms with E-state index in [1.165, 1.54) is 4.90 Å². The minimum atomic E-state index is -0.890. The first-order valence-electron chi connectivity index (χ1n) is 12.6. The Morgan fingerprint density at radius 1 is 1.00 bits per heavy atom. The van der Waals surface area contributed by atoms with Crippen LogP contribution in [0.4, 0.5) is 16.2 Å². The van der Waals surface area contributed by atoms with Gasteiger partial charge >= 0.3 is 6.03 Å². The van der Waals surface area contributed by atoms with E-state index in [0.29, 0.717) is 22.8 Å². The normalized spacial score (nSPS) is 17.3. The van der Waals surface area contributed by atoms with Crippen LogP contribution in [0.2, 0.25) is 5.02 Å². The zero-order valence-electron chi connectivity index (χ0n) is 22.0. The third kappa shape index (κ3) is 6.72. The van der Waals surface area contributed by atoms with Gasteiger partial charge in [0, 0.05) is 27.9 Å². The SMILES string of the molecule is Cc1cccc(NC(=O)NC2CC(c3ccccc3)c3cc(Cl)ccc3N(CC(=O)NC(C)(C)C)C2=O)c1. The van der Waals surface area contributed by atoms with E-state index in [0.717, 1.165) is 16.7 Å². The largest absolute Gasteiger partial charge is 0.350 e. The third-order valence-corrected chi connectivity index (χ3v) is 6.53. The van der Waals surface area contributed by atoms with Gasteiger partial charge in [-0.15, -0.1) is 0 Å². The second-order valence-electron chi connectivity index (χ2n) is 10.6. The lowest BCUT2D eigenvalue weighted by atomic mass is 9.86. The van der Waals surface area contributed by atoms with Gasteiger partial charge < -0.3 is 20.9 Å². The van der Waals surface area contributed by atoms with Gasteiger partial charge in [0.25, 0.3) is 0 Å². The van der Waals surface area contributed by atoms with Gasteiger partial charge in [-0.2, -0.15) is 0 Å². The lowest BCUT2D eigenvalue weighted by Crippen LogP contribution is -2.53. The number of rotatable bonds is 5. The molecule has 0 radical (unpaired) electrons.